The van der Waals surface area contributed by atoms with Crippen LogP contribution in [0.1, 0.15) is 34.8 Å². The third kappa shape index (κ3) is 7.10. The maximum absolute atomic E-state index is 12.3. The van der Waals surface area contributed by atoms with Gasteiger partial charge in [0.2, 0.25) is 0 Å². The summed E-state index contributed by atoms with van der Waals surface area (Å²) in [6, 6.07) is 18.1. The molecule has 0 aliphatic heterocycles. The van der Waals surface area contributed by atoms with Crippen LogP contribution in [-0.4, -0.2) is 25.8 Å². The van der Waals surface area contributed by atoms with Crippen LogP contribution in [0.25, 0.3) is 0 Å². The van der Waals surface area contributed by atoms with Crippen LogP contribution in [0.2, 0.25) is 5.02 Å². The maximum Gasteiger partial charge on any atom is 0.271 e. The van der Waals surface area contributed by atoms with Gasteiger partial charge in [-0.25, -0.2) is 5.43 Å². The molecule has 0 spiro atoms. The zero-order valence-electron chi connectivity index (χ0n) is 18.3. The van der Waals surface area contributed by atoms with Crippen molar-refractivity contribution >= 4 is 46.3 Å². The van der Waals surface area contributed by atoms with Gasteiger partial charge in [-0.2, -0.15) is 5.10 Å². The van der Waals surface area contributed by atoms with E-state index in [1.54, 1.807) is 43.7 Å². The molecule has 0 saturated carbocycles. The fraction of sp³-hybridized carbons (Fsp3) is 0.200. The van der Waals surface area contributed by atoms with E-state index in [0.29, 0.717) is 35.3 Å². The molecular formula is C25H24ClIN2O4. The number of rotatable bonds is 10. The van der Waals surface area contributed by atoms with Crippen LogP contribution in [0.3, 0.4) is 0 Å². The maximum atomic E-state index is 12.3. The Balaban J connectivity index is 1.64. The lowest BCUT2D eigenvalue weighted by Gasteiger charge is -2.14. The van der Waals surface area contributed by atoms with Crippen molar-refractivity contribution in [3.63, 3.8) is 0 Å². The molecule has 0 heterocycles. The molecule has 3 aromatic carbocycles. The van der Waals surface area contributed by atoms with Crippen molar-refractivity contribution in [3.05, 3.63) is 85.9 Å². The van der Waals surface area contributed by atoms with E-state index in [0.717, 1.165) is 26.9 Å². The van der Waals surface area contributed by atoms with E-state index in [4.69, 9.17) is 25.8 Å². The number of carbonyl (C=O) groups excluding carboxylic acids is 1. The molecule has 0 aliphatic rings. The van der Waals surface area contributed by atoms with E-state index in [2.05, 4.69) is 33.1 Å². The Labute approximate surface area is 212 Å². The van der Waals surface area contributed by atoms with E-state index in [1.165, 1.54) is 0 Å². The summed E-state index contributed by atoms with van der Waals surface area (Å²) in [4.78, 5) is 12.3. The second kappa shape index (κ2) is 12.5. The van der Waals surface area contributed by atoms with Crippen molar-refractivity contribution in [2.75, 3.05) is 13.7 Å². The van der Waals surface area contributed by atoms with E-state index < -0.39 is 0 Å². The van der Waals surface area contributed by atoms with Crippen molar-refractivity contribution in [1.82, 2.24) is 5.43 Å². The number of amides is 1. The molecule has 8 heteroatoms. The molecule has 3 rings (SSSR count). The van der Waals surface area contributed by atoms with Crippen LogP contribution in [0.15, 0.2) is 65.8 Å². The van der Waals surface area contributed by atoms with Gasteiger partial charge in [0.15, 0.2) is 11.5 Å². The molecule has 6 nitrogen and oxygen atoms in total. The number of benzene rings is 3. The first-order chi connectivity index (χ1) is 16.0. The highest BCUT2D eigenvalue weighted by Crippen LogP contribution is 2.34. The number of hydrazone groups is 1. The number of methoxy groups -OCH3 is 1. The fourth-order valence-electron chi connectivity index (χ4n) is 2.87. The highest BCUT2D eigenvalue weighted by molar-refractivity contribution is 14.1. The number of nitrogens with one attached hydrogen (secondary N) is 1. The molecule has 0 aliphatic carbocycles. The van der Waals surface area contributed by atoms with Crippen LogP contribution in [0, 0.1) is 3.57 Å². The molecule has 0 radical (unpaired) electrons. The van der Waals surface area contributed by atoms with Crippen molar-refractivity contribution in [2.45, 2.75) is 20.0 Å². The third-order valence-corrected chi connectivity index (χ3v) is 5.72. The molecular weight excluding hydrogens is 555 g/mol. The Hall–Kier alpha value is -2.78. The molecule has 33 heavy (non-hydrogen) atoms. The van der Waals surface area contributed by atoms with Gasteiger partial charge in [0.1, 0.15) is 12.4 Å². The summed E-state index contributed by atoms with van der Waals surface area (Å²) in [5.41, 5.74) is 4.67. The van der Waals surface area contributed by atoms with Crippen molar-refractivity contribution < 1.29 is 19.0 Å². The first-order valence-corrected chi connectivity index (χ1v) is 11.8. The Morgan fingerprint density at radius 1 is 1.12 bits per heavy atom. The average molecular weight is 579 g/mol. The molecule has 0 atom stereocenters. The SMILES string of the molecule is CCCOc1ccc(C(=O)N/N=C/c2cc(I)c(OCc3ccccc3Cl)c(OC)c2)cc1. The summed E-state index contributed by atoms with van der Waals surface area (Å²) in [7, 11) is 1.57. The molecule has 0 saturated heterocycles. The summed E-state index contributed by atoms with van der Waals surface area (Å²) < 4.78 is 17.8. The van der Waals surface area contributed by atoms with Gasteiger partial charge in [-0.15, -0.1) is 0 Å². The zero-order chi connectivity index (χ0) is 23.6. The lowest BCUT2D eigenvalue weighted by Crippen LogP contribution is -2.17. The molecule has 1 amide bonds. The van der Waals surface area contributed by atoms with E-state index in [1.807, 2.05) is 37.3 Å². The normalized spacial score (nSPS) is 10.8. The molecule has 172 valence electrons. The molecule has 0 aromatic heterocycles. The Bertz CT molecular complexity index is 1120. The number of hydrogen-bond donors (Lipinski definition) is 1. The van der Waals surface area contributed by atoms with Crippen LogP contribution in [0.4, 0.5) is 0 Å². The van der Waals surface area contributed by atoms with Crippen LogP contribution in [0.5, 0.6) is 17.2 Å². The smallest absolute Gasteiger partial charge is 0.271 e. The molecule has 0 bridgehead atoms. The molecule has 0 fully saturated rings. The van der Waals surface area contributed by atoms with Crippen LogP contribution >= 0.6 is 34.2 Å². The predicted octanol–water partition coefficient (Wildman–Crippen LogP) is 6.08. The number of halogens is 2. The molecule has 0 unspecified atom stereocenters. The fourth-order valence-corrected chi connectivity index (χ4v) is 3.84. The van der Waals surface area contributed by atoms with Gasteiger partial charge < -0.3 is 14.2 Å². The zero-order valence-corrected chi connectivity index (χ0v) is 21.2. The summed E-state index contributed by atoms with van der Waals surface area (Å²) in [6.07, 6.45) is 2.48. The quantitative estimate of drug-likeness (QED) is 0.180. The Morgan fingerprint density at radius 2 is 1.88 bits per heavy atom. The summed E-state index contributed by atoms with van der Waals surface area (Å²) in [5.74, 6) is 1.60. The van der Waals surface area contributed by atoms with E-state index in [-0.39, 0.29) is 5.91 Å². The highest BCUT2D eigenvalue weighted by atomic mass is 127. The van der Waals surface area contributed by atoms with Crippen molar-refractivity contribution in [1.29, 1.82) is 0 Å². The van der Waals surface area contributed by atoms with E-state index in [9.17, 15) is 4.79 Å². The Morgan fingerprint density at radius 3 is 2.58 bits per heavy atom. The monoisotopic (exact) mass is 578 g/mol. The van der Waals surface area contributed by atoms with Crippen LogP contribution < -0.4 is 19.6 Å². The van der Waals surface area contributed by atoms with E-state index >= 15 is 0 Å². The molecule has 3 aromatic rings. The van der Waals surface area contributed by atoms with Gasteiger partial charge in [-0.05, 0) is 77.0 Å². The predicted molar refractivity (Wildman–Crippen MR) is 139 cm³/mol. The summed E-state index contributed by atoms with van der Waals surface area (Å²) in [5, 5.41) is 4.72. The van der Waals surface area contributed by atoms with Gasteiger partial charge in [0.05, 0.1) is 23.5 Å². The van der Waals surface area contributed by atoms with Crippen LogP contribution in [-0.2, 0) is 6.61 Å². The van der Waals surface area contributed by atoms with Crippen molar-refractivity contribution in [2.24, 2.45) is 5.10 Å². The number of carbonyl (C=O) groups is 1. The first-order valence-electron chi connectivity index (χ1n) is 10.3. The first kappa shape index (κ1) is 24.9. The minimum absolute atomic E-state index is 0.311. The summed E-state index contributed by atoms with van der Waals surface area (Å²) in [6.45, 7) is 3.00. The lowest BCUT2D eigenvalue weighted by molar-refractivity contribution is 0.0955. The second-order valence-corrected chi connectivity index (χ2v) is 8.56. The number of ether oxygens (including phenoxy) is 3. The molecule has 1 N–H and O–H groups in total. The number of hydrogen-bond acceptors (Lipinski definition) is 5. The third-order valence-electron chi connectivity index (χ3n) is 4.55. The summed E-state index contributed by atoms with van der Waals surface area (Å²) >= 11 is 8.39. The van der Waals surface area contributed by atoms with Gasteiger partial charge in [0, 0.05) is 16.1 Å². The topological polar surface area (TPSA) is 69.2 Å². The minimum atomic E-state index is -0.311. The van der Waals surface area contributed by atoms with Gasteiger partial charge in [-0.1, -0.05) is 36.7 Å². The van der Waals surface area contributed by atoms with Crippen molar-refractivity contribution in [3.8, 4) is 17.2 Å². The highest BCUT2D eigenvalue weighted by Gasteiger charge is 2.12. The largest absolute Gasteiger partial charge is 0.494 e. The second-order valence-electron chi connectivity index (χ2n) is 6.99. The lowest BCUT2D eigenvalue weighted by atomic mass is 10.2. The standard InChI is InChI=1S/C25H24ClIN2O4/c1-3-12-32-20-10-8-18(9-11-20)25(30)29-28-15-17-13-22(27)24(23(14-17)31-2)33-16-19-6-4-5-7-21(19)26/h4-11,13-15H,3,12,16H2,1-2H3,(H,29,30)/b28-15+. The van der Waals surface area contributed by atoms with Gasteiger partial charge in [-0.3, -0.25) is 4.79 Å². The number of nitrogens with zero attached hydrogens (tertiary/aromatic N) is 1. The van der Waals surface area contributed by atoms with Gasteiger partial charge in [0.25, 0.3) is 5.91 Å². The average Bonchev–Trinajstić information content (AvgIpc) is 2.83. The Kier molecular flexibility index (Phi) is 9.38. The van der Waals surface area contributed by atoms with Gasteiger partial charge >= 0.3 is 0 Å². The minimum Gasteiger partial charge on any atom is -0.494 e.